The van der Waals surface area contributed by atoms with E-state index >= 15 is 0 Å². The molecule has 0 fully saturated rings. The Labute approximate surface area is 149 Å². The van der Waals surface area contributed by atoms with Gasteiger partial charge in [0.15, 0.2) is 5.17 Å². The predicted molar refractivity (Wildman–Crippen MR) is 96.3 cm³/mol. The first-order chi connectivity index (χ1) is 12.0. The molecule has 1 aromatic rings. The van der Waals surface area contributed by atoms with Crippen LogP contribution in [0.3, 0.4) is 0 Å². The molecule has 0 aliphatic carbocycles. The van der Waals surface area contributed by atoms with Gasteiger partial charge in [0.2, 0.25) is 5.91 Å². The molecule has 2 unspecified atom stereocenters. The average molecular weight is 361 g/mol. The van der Waals surface area contributed by atoms with Crippen LogP contribution in [0.25, 0.3) is 0 Å². The van der Waals surface area contributed by atoms with E-state index in [9.17, 15) is 14.7 Å². The van der Waals surface area contributed by atoms with Gasteiger partial charge in [-0.05, 0) is 17.4 Å². The summed E-state index contributed by atoms with van der Waals surface area (Å²) < 4.78 is 5.34. The molecule has 1 N–H and O–H groups in total. The van der Waals surface area contributed by atoms with Crippen LogP contribution in [0.5, 0.6) is 11.5 Å². The van der Waals surface area contributed by atoms with Crippen molar-refractivity contribution in [1.82, 2.24) is 4.90 Å². The summed E-state index contributed by atoms with van der Waals surface area (Å²) in [5.41, 5.74) is 0.689. The van der Waals surface area contributed by atoms with Gasteiger partial charge in [-0.2, -0.15) is 9.98 Å². The Bertz CT molecular complexity index is 790. The summed E-state index contributed by atoms with van der Waals surface area (Å²) in [6.07, 6.45) is 0.0979. The number of amides is 2. The molecule has 0 aromatic heterocycles. The number of rotatable bonds is 3. The summed E-state index contributed by atoms with van der Waals surface area (Å²) in [6, 6.07) is 4.68. The van der Waals surface area contributed by atoms with Crippen molar-refractivity contribution in [2.45, 2.75) is 19.3 Å². The van der Waals surface area contributed by atoms with E-state index < -0.39 is 11.8 Å². The van der Waals surface area contributed by atoms with Gasteiger partial charge in [0, 0.05) is 25.5 Å². The van der Waals surface area contributed by atoms with Gasteiger partial charge in [-0.1, -0.05) is 24.8 Å². The first-order valence-electron chi connectivity index (χ1n) is 7.93. The minimum absolute atomic E-state index is 0.0587. The van der Waals surface area contributed by atoms with Crippen molar-refractivity contribution in [2.75, 3.05) is 19.9 Å². The number of amidine groups is 2. The molecular weight excluding hydrogens is 342 g/mol. The van der Waals surface area contributed by atoms with Crippen molar-refractivity contribution in [1.29, 1.82) is 0 Å². The molecule has 0 bridgehead atoms. The second kappa shape index (κ2) is 6.87. The Hall–Kier alpha value is -2.35. The molecule has 8 heteroatoms. The van der Waals surface area contributed by atoms with Crippen molar-refractivity contribution < 1.29 is 19.4 Å². The number of methoxy groups -OCH3 is 1. The van der Waals surface area contributed by atoms with Gasteiger partial charge in [-0.15, -0.1) is 0 Å². The largest absolute Gasteiger partial charge is 0.508 e. The van der Waals surface area contributed by atoms with Crippen molar-refractivity contribution >= 4 is 34.6 Å². The lowest BCUT2D eigenvalue weighted by Crippen LogP contribution is -2.49. The van der Waals surface area contributed by atoms with Crippen LogP contribution in [-0.2, 0) is 9.59 Å². The number of thioether (sulfide) groups is 1. The lowest BCUT2D eigenvalue weighted by atomic mass is 9.79. The van der Waals surface area contributed by atoms with Crippen LogP contribution in [0, 0.1) is 5.92 Å². The molecule has 25 heavy (non-hydrogen) atoms. The fourth-order valence-electron chi connectivity index (χ4n) is 3.19. The topological polar surface area (TPSA) is 91.6 Å². The van der Waals surface area contributed by atoms with Gasteiger partial charge in [-0.3, -0.25) is 9.59 Å². The molecule has 0 saturated heterocycles. The Kier molecular flexibility index (Phi) is 4.80. The SMILES string of the molecule is CCSC1=NC(=O)C2C(=NC(=O)CC2c2ccc(O)cc2OC)N1C. The minimum Gasteiger partial charge on any atom is -0.508 e. The summed E-state index contributed by atoms with van der Waals surface area (Å²) in [6.45, 7) is 1.97. The number of aliphatic imine (C=N–C) groups is 2. The Morgan fingerprint density at radius 1 is 1.36 bits per heavy atom. The summed E-state index contributed by atoms with van der Waals surface area (Å²) >= 11 is 1.43. The lowest BCUT2D eigenvalue weighted by Gasteiger charge is -2.37. The maximum absolute atomic E-state index is 12.7. The molecule has 0 spiro atoms. The number of phenolic OH excluding ortho intramolecular Hbond substituents is 1. The van der Waals surface area contributed by atoms with E-state index in [0.717, 1.165) is 5.75 Å². The number of nitrogens with zero attached hydrogens (tertiary/aromatic N) is 3. The molecule has 2 heterocycles. The molecule has 0 radical (unpaired) electrons. The van der Waals surface area contributed by atoms with E-state index in [1.165, 1.54) is 31.0 Å². The molecule has 7 nitrogen and oxygen atoms in total. The van der Waals surface area contributed by atoms with Crippen molar-refractivity contribution in [3.63, 3.8) is 0 Å². The number of hydrogen-bond acceptors (Lipinski definition) is 6. The van der Waals surface area contributed by atoms with Gasteiger partial charge in [0.25, 0.3) is 5.91 Å². The van der Waals surface area contributed by atoms with Gasteiger partial charge in [-0.25, -0.2) is 0 Å². The smallest absolute Gasteiger partial charge is 0.259 e. The van der Waals surface area contributed by atoms with Crippen LogP contribution >= 0.6 is 11.8 Å². The summed E-state index contributed by atoms with van der Waals surface area (Å²) in [5, 5.41) is 10.2. The van der Waals surface area contributed by atoms with E-state index in [1.807, 2.05) is 6.92 Å². The van der Waals surface area contributed by atoms with E-state index in [-0.39, 0.29) is 24.0 Å². The van der Waals surface area contributed by atoms with Crippen LogP contribution < -0.4 is 4.74 Å². The highest BCUT2D eigenvalue weighted by atomic mass is 32.2. The molecule has 2 amide bonds. The standard InChI is InChI=1S/C17H19N3O4S/c1-4-25-17-19-16(23)14-11(8-13(22)18-15(14)20(17)2)10-6-5-9(21)7-12(10)24-3/h5-7,11,14,21H,4,8H2,1-3H3. The maximum Gasteiger partial charge on any atom is 0.259 e. The fourth-order valence-corrected chi connectivity index (χ4v) is 3.89. The normalized spacial score (nSPS) is 23.1. The van der Waals surface area contributed by atoms with Crippen molar-refractivity contribution in [3.8, 4) is 11.5 Å². The zero-order chi connectivity index (χ0) is 18.1. The van der Waals surface area contributed by atoms with Crippen LogP contribution in [0.15, 0.2) is 28.2 Å². The monoisotopic (exact) mass is 361 g/mol. The van der Waals surface area contributed by atoms with Crippen molar-refractivity contribution in [3.05, 3.63) is 23.8 Å². The number of fused-ring (bicyclic) bond motifs is 1. The second-order valence-electron chi connectivity index (χ2n) is 5.80. The molecule has 2 aliphatic heterocycles. The lowest BCUT2D eigenvalue weighted by molar-refractivity contribution is -0.122. The first kappa shape index (κ1) is 17.5. The highest BCUT2D eigenvalue weighted by Crippen LogP contribution is 2.41. The first-order valence-corrected chi connectivity index (χ1v) is 8.92. The number of carbonyl (C=O) groups excluding carboxylic acids is 2. The van der Waals surface area contributed by atoms with Gasteiger partial charge in [0.1, 0.15) is 23.3 Å². The highest BCUT2D eigenvalue weighted by molar-refractivity contribution is 8.13. The second-order valence-corrected chi connectivity index (χ2v) is 7.03. The number of ether oxygens (including phenoxy) is 1. The summed E-state index contributed by atoms with van der Waals surface area (Å²) in [7, 11) is 3.25. The van der Waals surface area contributed by atoms with E-state index in [4.69, 9.17) is 4.74 Å². The third-order valence-electron chi connectivity index (χ3n) is 4.31. The Morgan fingerprint density at radius 2 is 2.12 bits per heavy atom. The van der Waals surface area contributed by atoms with Crippen LogP contribution in [-0.4, -0.2) is 52.7 Å². The molecule has 2 aliphatic rings. The number of aromatic hydroxyl groups is 1. The van der Waals surface area contributed by atoms with Gasteiger partial charge < -0.3 is 14.7 Å². The van der Waals surface area contributed by atoms with Crippen LogP contribution in [0.4, 0.5) is 0 Å². The van der Waals surface area contributed by atoms with Crippen molar-refractivity contribution in [2.24, 2.45) is 15.9 Å². The Balaban J connectivity index is 2.08. The van der Waals surface area contributed by atoms with E-state index in [1.54, 1.807) is 18.0 Å². The molecule has 132 valence electrons. The molecule has 3 rings (SSSR count). The van der Waals surface area contributed by atoms with Crippen LogP contribution in [0.1, 0.15) is 24.8 Å². The molecule has 1 aromatic carbocycles. The van der Waals surface area contributed by atoms with E-state index in [0.29, 0.717) is 22.3 Å². The molecule has 2 atom stereocenters. The number of hydrogen-bond donors (Lipinski definition) is 1. The van der Waals surface area contributed by atoms with Gasteiger partial charge in [0.05, 0.1) is 7.11 Å². The summed E-state index contributed by atoms with van der Waals surface area (Å²) in [4.78, 5) is 35.0. The third kappa shape index (κ3) is 3.13. The molecular formula is C17H19N3O4S. The number of carbonyl (C=O) groups is 2. The predicted octanol–water partition coefficient (Wildman–Crippen LogP) is 2.01. The average Bonchev–Trinajstić information content (AvgIpc) is 2.58. The number of phenols is 1. The Morgan fingerprint density at radius 3 is 2.80 bits per heavy atom. The fraction of sp³-hybridized carbons (Fsp3) is 0.412. The minimum atomic E-state index is -0.637. The third-order valence-corrected chi connectivity index (χ3v) is 5.22. The summed E-state index contributed by atoms with van der Waals surface area (Å²) in [5.74, 6) is 0.0271. The van der Waals surface area contributed by atoms with Crippen LogP contribution in [0.2, 0.25) is 0 Å². The zero-order valence-corrected chi connectivity index (χ0v) is 15.0. The number of benzene rings is 1. The van der Waals surface area contributed by atoms with E-state index in [2.05, 4.69) is 9.98 Å². The maximum atomic E-state index is 12.7. The highest BCUT2D eigenvalue weighted by Gasteiger charge is 2.45. The molecule has 0 saturated carbocycles. The van der Waals surface area contributed by atoms with Gasteiger partial charge >= 0.3 is 0 Å². The zero-order valence-electron chi connectivity index (χ0n) is 14.2. The quantitative estimate of drug-likeness (QED) is 0.885.